The van der Waals surface area contributed by atoms with Gasteiger partial charge in [-0.2, -0.15) is 0 Å². The van der Waals surface area contributed by atoms with Crippen LogP contribution < -0.4 is 10.0 Å². The lowest BCUT2D eigenvalue weighted by molar-refractivity contribution is -0.120. The quantitative estimate of drug-likeness (QED) is 0.792. The van der Waals surface area contributed by atoms with Crippen LogP contribution in [0.5, 0.6) is 0 Å². The van der Waals surface area contributed by atoms with Crippen LogP contribution >= 0.6 is 0 Å². The van der Waals surface area contributed by atoms with E-state index in [2.05, 4.69) is 10.0 Å². The van der Waals surface area contributed by atoms with E-state index in [0.717, 1.165) is 25.7 Å². The average molecular weight is 342 g/mol. The third kappa shape index (κ3) is 6.27. The maximum atomic E-state index is 13.5. The second-order valence-electron chi connectivity index (χ2n) is 5.88. The molecule has 0 heterocycles. The maximum absolute atomic E-state index is 13.5. The topological polar surface area (TPSA) is 75.3 Å². The van der Waals surface area contributed by atoms with Crippen LogP contribution in [0.4, 0.5) is 4.39 Å². The molecule has 1 aliphatic carbocycles. The summed E-state index contributed by atoms with van der Waals surface area (Å²) in [4.78, 5) is 11.8. The number of hydrogen-bond donors (Lipinski definition) is 2. The summed E-state index contributed by atoms with van der Waals surface area (Å²) in [7, 11) is -3.61. The first kappa shape index (κ1) is 17.9. The molecule has 1 saturated carbocycles. The summed E-state index contributed by atoms with van der Waals surface area (Å²) in [5.74, 6) is -0.978. The Balaban J connectivity index is 1.75. The van der Waals surface area contributed by atoms with E-state index < -0.39 is 15.8 Å². The molecule has 0 bridgehead atoms. The summed E-state index contributed by atoms with van der Waals surface area (Å²) < 4.78 is 39.5. The molecular formula is C16H23FN2O3S. The van der Waals surface area contributed by atoms with Crippen LogP contribution in [0.2, 0.25) is 0 Å². The van der Waals surface area contributed by atoms with Crippen molar-refractivity contribution < 1.29 is 17.6 Å². The number of carbonyl (C=O) groups is 1. The predicted molar refractivity (Wildman–Crippen MR) is 86.9 cm³/mol. The highest BCUT2D eigenvalue weighted by Crippen LogP contribution is 2.17. The number of hydrogen-bond acceptors (Lipinski definition) is 3. The van der Waals surface area contributed by atoms with Crippen molar-refractivity contribution in [3.8, 4) is 0 Å². The number of rotatable bonds is 7. The van der Waals surface area contributed by atoms with E-state index in [9.17, 15) is 17.6 Å². The summed E-state index contributed by atoms with van der Waals surface area (Å²) >= 11 is 0. The zero-order valence-electron chi connectivity index (χ0n) is 13.1. The number of benzene rings is 1. The fraction of sp³-hybridized carbons (Fsp3) is 0.562. The molecule has 1 fully saturated rings. The van der Waals surface area contributed by atoms with Gasteiger partial charge in [0.25, 0.3) is 0 Å². The van der Waals surface area contributed by atoms with Gasteiger partial charge < -0.3 is 5.32 Å². The molecule has 1 aromatic rings. The third-order valence-corrected chi connectivity index (χ3v) is 5.35. The smallest absolute Gasteiger partial charge is 0.235 e. The first-order valence-corrected chi connectivity index (χ1v) is 9.61. The molecule has 0 saturated heterocycles. The van der Waals surface area contributed by atoms with Crippen molar-refractivity contribution >= 4 is 15.9 Å². The van der Waals surface area contributed by atoms with Crippen molar-refractivity contribution in [1.82, 2.24) is 10.0 Å². The Morgan fingerprint density at radius 1 is 1.17 bits per heavy atom. The van der Waals surface area contributed by atoms with Gasteiger partial charge in [0.05, 0.1) is 12.3 Å². The van der Waals surface area contributed by atoms with Gasteiger partial charge in [-0.05, 0) is 30.9 Å². The minimum absolute atomic E-state index is 0.0756. The Bertz CT molecular complexity index is 628. The second-order valence-corrected chi connectivity index (χ2v) is 7.81. The highest BCUT2D eigenvalue weighted by molar-refractivity contribution is 7.89. The number of nitrogens with one attached hydrogen (secondary N) is 2. The SMILES string of the molecule is O=C(CNS(=O)(=O)CCc1ccccc1F)NC1CCCCC1. The van der Waals surface area contributed by atoms with E-state index in [1.165, 1.54) is 12.5 Å². The lowest BCUT2D eigenvalue weighted by Crippen LogP contribution is -2.43. The fourth-order valence-electron chi connectivity index (χ4n) is 2.72. The van der Waals surface area contributed by atoms with Crippen LogP contribution in [0.3, 0.4) is 0 Å². The first-order chi connectivity index (χ1) is 11.0. The van der Waals surface area contributed by atoms with Crippen molar-refractivity contribution in [3.63, 3.8) is 0 Å². The number of aryl methyl sites for hydroxylation is 1. The van der Waals surface area contributed by atoms with Crippen molar-refractivity contribution in [3.05, 3.63) is 35.6 Å². The monoisotopic (exact) mass is 342 g/mol. The summed E-state index contributed by atoms with van der Waals surface area (Å²) in [6.07, 6.45) is 5.36. The van der Waals surface area contributed by atoms with Crippen LogP contribution in [0.1, 0.15) is 37.7 Å². The zero-order chi connectivity index (χ0) is 16.7. The van der Waals surface area contributed by atoms with Crippen LogP contribution in [-0.4, -0.2) is 32.7 Å². The minimum Gasteiger partial charge on any atom is -0.352 e. The predicted octanol–water partition coefficient (Wildman–Crippen LogP) is 1.74. The minimum atomic E-state index is -3.61. The average Bonchev–Trinajstić information content (AvgIpc) is 2.53. The van der Waals surface area contributed by atoms with Gasteiger partial charge in [-0.3, -0.25) is 4.79 Å². The lowest BCUT2D eigenvalue weighted by atomic mass is 9.95. The van der Waals surface area contributed by atoms with E-state index in [0.29, 0.717) is 5.56 Å². The molecule has 128 valence electrons. The Morgan fingerprint density at radius 3 is 2.57 bits per heavy atom. The van der Waals surface area contributed by atoms with Gasteiger partial charge in [0.15, 0.2) is 0 Å². The number of sulfonamides is 1. The summed E-state index contributed by atoms with van der Waals surface area (Å²) in [6, 6.07) is 6.23. The molecule has 0 unspecified atom stereocenters. The van der Waals surface area contributed by atoms with Gasteiger partial charge in [-0.25, -0.2) is 17.5 Å². The van der Waals surface area contributed by atoms with Crippen LogP contribution in [0.15, 0.2) is 24.3 Å². The highest BCUT2D eigenvalue weighted by atomic mass is 32.2. The fourth-order valence-corrected chi connectivity index (χ4v) is 3.70. The first-order valence-electron chi connectivity index (χ1n) is 7.96. The molecule has 5 nitrogen and oxygen atoms in total. The Labute approximate surface area is 136 Å². The van der Waals surface area contributed by atoms with Crippen molar-refractivity contribution in [1.29, 1.82) is 0 Å². The van der Waals surface area contributed by atoms with Crippen LogP contribution in [0.25, 0.3) is 0 Å². The summed E-state index contributed by atoms with van der Waals surface area (Å²) in [6.45, 7) is -0.268. The van der Waals surface area contributed by atoms with Gasteiger partial charge in [0, 0.05) is 6.04 Å². The van der Waals surface area contributed by atoms with E-state index in [-0.39, 0.29) is 30.7 Å². The normalized spacial score (nSPS) is 16.2. The third-order valence-electron chi connectivity index (χ3n) is 4.02. The van der Waals surface area contributed by atoms with Gasteiger partial charge in [-0.15, -0.1) is 0 Å². The standard InChI is InChI=1S/C16H23FN2O3S/c17-15-9-5-4-6-13(15)10-11-23(21,22)18-12-16(20)19-14-7-2-1-3-8-14/h4-6,9,14,18H,1-3,7-8,10-12H2,(H,19,20). The Morgan fingerprint density at radius 2 is 1.87 bits per heavy atom. The molecule has 0 aromatic heterocycles. The molecule has 0 aliphatic heterocycles. The van der Waals surface area contributed by atoms with Crippen LogP contribution in [-0.2, 0) is 21.2 Å². The molecule has 1 aromatic carbocycles. The van der Waals surface area contributed by atoms with Gasteiger partial charge in [0.1, 0.15) is 5.82 Å². The summed E-state index contributed by atoms with van der Waals surface area (Å²) in [5, 5.41) is 2.85. The van der Waals surface area contributed by atoms with E-state index in [1.54, 1.807) is 18.2 Å². The summed E-state index contributed by atoms with van der Waals surface area (Å²) in [5.41, 5.74) is 0.351. The molecule has 7 heteroatoms. The second kappa shape index (κ2) is 8.40. The maximum Gasteiger partial charge on any atom is 0.235 e. The van der Waals surface area contributed by atoms with Crippen molar-refractivity contribution in [2.45, 2.75) is 44.6 Å². The largest absolute Gasteiger partial charge is 0.352 e. The lowest BCUT2D eigenvalue weighted by Gasteiger charge is -2.22. The molecule has 0 spiro atoms. The molecule has 1 aliphatic rings. The highest BCUT2D eigenvalue weighted by Gasteiger charge is 2.18. The number of halogens is 1. The van der Waals surface area contributed by atoms with E-state index in [1.807, 2.05) is 0 Å². The van der Waals surface area contributed by atoms with E-state index in [4.69, 9.17) is 0 Å². The van der Waals surface area contributed by atoms with E-state index >= 15 is 0 Å². The Kier molecular flexibility index (Phi) is 6.53. The molecular weight excluding hydrogens is 319 g/mol. The van der Waals surface area contributed by atoms with Crippen molar-refractivity contribution in [2.24, 2.45) is 0 Å². The zero-order valence-corrected chi connectivity index (χ0v) is 13.9. The Hall–Kier alpha value is -1.47. The number of carbonyl (C=O) groups excluding carboxylic acids is 1. The van der Waals surface area contributed by atoms with Crippen molar-refractivity contribution in [2.75, 3.05) is 12.3 Å². The molecule has 2 N–H and O–H groups in total. The molecule has 23 heavy (non-hydrogen) atoms. The molecule has 2 rings (SSSR count). The van der Waals surface area contributed by atoms with Gasteiger partial charge in [-0.1, -0.05) is 37.5 Å². The van der Waals surface area contributed by atoms with Gasteiger partial charge >= 0.3 is 0 Å². The molecule has 1 amide bonds. The van der Waals surface area contributed by atoms with Gasteiger partial charge in [0.2, 0.25) is 15.9 Å². The molecule has 0 atom stereocenters. The number of amides is 1. The van der Waals surface area contributed by atoms with Crippen LogP contribution in [0, 0.1) is 5.82 Å². The molecule has 0 radical (unpaired) electrons.